The van der Waals surface area contributed by atoms with E-state index in [0.29, 0.717) is 12.5 Å². The molecule has 6 nitrogen and oxygen atoms in total. The molecule has 138 valence electrons. The number of carbonyl (C=O) groups is 1. The number of sulfone groups is 1. The molecule has 1 saturated carbocycles. The van der Waals surface area contributed by atoms with Gasteiger partial charge in [0.2, 0.25) is 0 Å². The zero-order chi connectivity index (χ0) is 18.1. The molecule has 3 rings (SSSR count). The number of hydrazine groups is 1. The van der Waals surface area contributed by atoms with Crippen LogP contribution >= 0.6 is 0 Å². The van der Waals surface area contributed by atoms with Crippen molar-refractivity contribution >= 4 is 15.9 Å². The molecule has 1 spiro atoms. The summed E-state index contributed by atoms with van der Waals surface area (Å²) in [6, 6.07) is 10.4. The predicted molar refractivity (Wildman–Crippen MR) is 98.0 cm³/mol. The Morgan fingerprint density at radius 1 is 1.20 bits per heavy atom. The van der Waals surface area contributed by atoms with Gasteiger partial charge in [0.25, 0.3) is 0 Å². The number of amides is 2. The summed E-state index contributed by atoms with van der Waals surface area (Å²) in [7, 11) is -1.31. The van der Waals surface area contributed by atoms with Crippen LogP contribution in [0.25, 0.3) is 0 Å². The highest BCUT2D eigenvalue weighted by atomic mass is 32.2. The Kier molecular flexibility index (Phi) is 5.06. The van der Waals surface area contributed by atoms with Gasteiger partial charge in [0.1, 0.15) is 9.84 Å². The third-order valence-corrected chi connectivity index (χ3v) is 6.49. The minimum Gasteiger partial charge on any atom is -0.320 e. The maximum Gasteiger partial charge on any atom is 0.335 e. The highest BCUT2D eigenvalue weighted by molar-refractivity contribution is 7.90. The monoisotopic (exact) mass is 365 g/mol. The van der Waals surface area contributed by atoms with E-state index in [1.165, 1.54) is 11.8 Å². The second-order valence-electron chi connectivity index (χ2n) is 7.30. The van der Waals surface area contributed by atoms with Crippen molar-refractivity contribution in [2.45, 2.75) is 37.1 Å². The molecule has 7 heteroatoms. The lowest BCUT2D eigenvalue weighted by atomic mass is 9.74. The van der Waals surface area contributed by atoms with Crippen LogP contribution in [0.1, 0.15) is 37.2 Å². The molecular weight excluding hydrogens is 338 g/mol. The molecule has 0 bridgehead atoms. The average molecular weight is 365 g/mol. The number of hydrogen-bond acceptors (Lipinski definition) is 4. The fourth-order valence-electron chi connectivity index (χ4n) is 4.22. The van der Waals surface area contributed by atoms with Crippen molar-refractivity contribution in [2.75, 3.05) is 32.1 Å². The van der Waals surface area contributed by atoms with E-state index in [4.69, 9.17) is 0 Å². The minimum atomic E-state index is -3.08. The van der Waals surface area contributed by atoms with Gasteiger partial charge in [-0.05, 0) is 37.2 Å². The van der Waals surface area contributed by atoms with Crippen LogP contribution in [0.4, 0.5) is 4.79 Å². The van der Waals surface area contributed by atoms with Crippen molar-refractivity contribution in [3.8, 4) is 0 Å². The summed E-state index contributed by atoms with van der Waals surface area (Å²) in [5.41, 5.74) is 4.19. The molecule has 1 aliphatic heterocycles. The van der Waals surface area contributed by atoms with Crippen LogP contribution in [0.2, 0.25) is 0 Å². The summed E-state index contributed by atoms with van der Waals surface area (Å²) >= 11 is 0. The second kappa shape index (κ2) is 6.96. The van der Waals surface area contributed by atoms with Gasteiger partial charge in [-0.15, -0.1) is 0 Å². The molecule has 1 aromatic rings. The van der Waals surface area contributed by atoms with Crippen LogP contribution in [0.3, 0.4) is 0 Å². The SMILES string of the molecule is CNN1C(=O)N(CCS(C)(=O)=O)CC12CCC(c1ccccc1)CC2. The molecule has 0 aromatic heterocycles. The van der Waals surface area contributed by atoms with Crippen molar-refractivity contribution in [2.24, 2.45) is 0 Å². The number of rotatable bonds is 5. The largest absolute Gasteiger partial charge is 0.335 e. The molecule has 1 saturated heterocycles. The van der Waals surface area contributed by atoms with Gasteiger partial charge in [-0.3, -0.25) is 5.01 Å². The van der Waals surface area contributed by atoms with Gasteiger partial charge in [0.05, 0.1) is 11.3 Å². The molecule has 2 aliphatic rings. The van der Waals surface area contributed by atoms with E-state index >= 15 is 0 Å². The smallest absolute Gasteiger partial charge is 0.320 e. The molecule has 1 aromatic carbocycles. The Balaban J connectivity index is 1.70. The number of urea groups is 1. The van der Waals surface area contributed by atoms with Gasteiger partial charge in [-0.25, -0.2) is 18.6 Å². The van der Waals surface area contributed by atoms with Crippen molar-refractivity contribution in [3.05, 3.63) is 35.9 Å². The van der Waals surface area contributed by atoms with Gasteiger partial charge in [-0.1, -0.05) is 30.3 Å². The Bertz CT molecular complexity index is 712. The quantitative estimate of drug-likeness (QED) is 0.866. The lowest BCUT2D eigenvalue weighted by Gasteiger charge is -2.41. The molecule has 0 unspecified atom stereocenters. The first-order valence-electron chi connectivity index (χ1n) is 8.84. The fraction of sp³-hybridized carbons (Fsp3) is 0.611. The first kappa shape index (κ1) is 18.2. The summed E-state index contributed by atoms with van der Waals surface area (Å²) in [5.74, 6) is 0.546. The number of benzene rings is 1. The van der Waals surface area contributed by atoms with Crippen LogP contribution in [-0.4, -0.2) is 62.0 Å². The standard InChI is InChI=1S/C18H27N3O3S/c1-19-21-17(22)20(12-13-25(2,23)24)14-18(21)10-8-16(9-11-18)15-6-4-3-5-7-15/h3-7,16,19H,8-14H2,1-2H3. The molecule has 1 N–H and O–H groups in total. The van der Waals surface area contributed by atoms with E-state index in [9.17, 15) is 13.2 Å². The minimum absolute atomic E-state index is 0.0129. The van der Waals surface area contributed by atoms with Crippen LogP contribution in [-0.2, 0) is 9.84 Å². The van der Waals surface area contributed by atoms with Gasteiger partial charge < -0.3 is 4.90 Å². The zero-order valence-corrected chi connectivity index (χ0v) is 15.8. The predicted octanol–water partition coefficient (Wildman–Crippen LogP) is 2.00. The number of nitrogens with one attached hydrogen (secondary N) is 1. The van der Waals surface area contributed by atoms with Crippen molar-refractivity contribution in [1.29, 1.82) is 0 Å². The van der Waals surface area contributed by atoms with Gasteiger partial charge >= 0.3 is 6.03 Å². The van der Waals surface area contributed by atoms with Gasteiger partial charge in [0, 0.05) is 26.4 Å². The van der Waals surface area contributed by atoms with E-state index < -0.39 is 9.84 Å². The van der Waals surface area contributed by atoms with Crippen molar-refractivity contribution in [3.63, 3.8) is 0 Å². The maximum absolute atomic E-state index is 12.7. The summed E-state index contributed by atoms with van der Waals surface area (Å²) in [4.78, 5) is 14.4. The average Bonchev–Trinajstić information content (AvgIpc) is 2.85. The molecule has 1 aliphatic carbocycles. The molecular formula is C18H27N3O3S. The first-order valence-corrected chi connectivity index (χ1v) is 10.9. The number of hydrogen-bond donors (Lipinski definition) is 1. The summed E-state index contributed by atoms with van der Waals surface area (Å²) < 4.78 is 22.9. The third-order valence-electron chi connectivity index (χ3n) is 5.56. The first-order chi connectivity index (χ1) is 11.8. The number of nitrogens with zero attached hydrogens (tertiary/aromatic N) is 2. The Hall–Kier alpha value is -1.60. The maximum atomic E-state index is 12.7. The lowest BCUT2D eigenvalue weighted by molar-refractivity contribution is 0.0801. The van der Waals surface area contributed by atoms with Crippen molar-refractivity contribution < 1.29 is 13.2 Å². The summed E-state index contributed by atoms with van der Waals surface area (Å²) in [6.07, 6.45) is 5.14. The van der Waals surface area contributed by atoms with Gasteiger partial charge in [0.15, 0.2) is 0 Å². The Morgan fingerprint density at radius 3 is 2.40 bits per heavy atom. The zero-order valence-electron chi connectivity index (χ0n) is 14.9. The highest BCUT2D eigenvalue weighted by Crippen LogP contribution is 2.43. The molecule has 2 fully saturated rings. The van der Waals surface area contributed by atoms with Gasteiger partial charge in [-0.2, -0.15) is 0 Å². The summed E-state index contributed by atoms with van der Waals surface area (Å²) in [5, 5.41) is 1.73. The molecule has 0 atom stereocenters. The highest BCUT2D eigenvalue weighted by Gasteiger charge is 2.50. The van der Waals surface area contributed by atoms with Crippen molar-refractivity contribution in [1.82, 2.24) is 15.3 Å². The normalized spacial score (nSPS) is 27.3. The van der Waals surface area contributed by atoms with E-state index in [1.807, 2.05) is 6.07 Å². The van der Waals surface area contributed by atoms with E-state index in [0.717, 1.165) is 25.7 Å². The van der Waals surface area contributed by atoms with Crippen LogP contribution in [0.5, 0.6) is 0 Å². The fourth-order valence-corrected chi connectivity index (χ4v) is 4.77. The van der Waals surface area contributed by atoms with E-state index in [1.54, 1.807) is 17.0 Å². The molecule has 2 amide bonds. The lowest BCUT2D eigenvalue weighted by Crippen LogP contribution is -2.54. The van der Waals surface area contributed by atoms with Crippen LogP contribution < -0.4 is 5.43 Å². The second-order valence-corrected chi connectivity index (χ2v) is 9.56. The van der Waals surface area contributed by atoms with Crippen LogP contribution in [0, 0.1) is 0 Å². The summed E-state index contributed by atoms with van der Waals surface area (Å²) in [6.45, 7) is 0.864. The van der Waals surface area contributed by atoms with E-state index in [2.05, 4.69) is 29.7 Å². The number of carbonyl (C=O) groups excluding carboxylic acids is 1. The molecule has 1 heterocycles. The van der Waals surface area contributed by atoms with E-state index in [-0.39, 0.29) is 23.9 Å². The third kappa shape index (κ3) is 3.82. The topological polar surface area (TPSA) is 69.7 Å². The molecule has 0 radical (unpaired) electrons. The molecule has 25 heavy (non-hydrogen) atoms. The Morgan fingerprint density at radius 2 is 1.84 bits per heavy atom. The van der Waals surface area contributed by atoms with Crippen LogP contribution in [0.15, 0.2) is 30.3 Å². The Labute approximate surface area is 150 Å².